The molecular weight excluding hydrogens is 308 g/mol. The van der Waals surface area contributed by atoms with E-state index in [1.54, 1.807) is 29.2 Å². The Balaban J connectivity index is 1.88. The summed E-state index contributed by atoms with van der Waals surface area (Å²) in [6, 6.07) is 15.2. The zero-order valence-corrected chi connectivity index (χ0v) is 13.5. The molecule has 0 saturated carbocycles. The summed E-state index contributed by atoms with van der Waals surface area (Å²) < 4.78 is 5.86. The molecule has 2 aromatic rings. The predicted molar refractivity (Wildman–Crippen MR) is 88.7 cm³/mol. The third-order valence-corrected chi connectivity index (χ3v) is 4.09. The van der Waals surface area contributed by atoms with Crippen molar-refractivity contribution in [3.05, 3.63) is 70.3 Å². The normalized spacial score (nSPS) is 20.0. The van der Waals surface area contributed by atoms with Crippen LogP contribution in [0.1, 0.15) is 25.5 Å². The van der Waals surface area contributed by atoms with Crippen molar-refractivity contribution in [3.63, 3.8) is 0 Å². The number of carbonyl (C=O) groups is 1. The minimum Gasteiger partial charge on any atom is -0.478 e. The second kappa shape index (κ2) is 6.31. The van der Waals surface area contributed by atoms with Crippen LogP contribution in [0.4, 0.5) is 5.69 Å². The van der Waals surface area contributed by atoms with Gasteiger partial charge in [0.05, 0.1) is 4.92 Å². The Labute approximate surface area is 139 Å². The number of β-lactam (4-membered cyclic amide) rings is 1. The largest absolute Gasteiger partial charge is 0.478 e. The molecule has 0 N–H and O–H groups in total. The Kier molecular flexibility index (Phi) is 4.20. The summed E-state index contributed by atoms with van der Waals surface area (Å²) in [5.41, 5.74) is 0.857. The Hall–Kier alpha value is -2.89. The smallest absolute Gasteiger partial charge is 0.269 e. The average molecular weight is 326 g/mol. The van der Waals surface area contributed by atoms with Crippen molar-refractivity contribution in [3.8, 4) is 5.75 Å². The van der Waals surface area contributed by atoms with E-state index in [0.717, 1.165) is 5.56 Å². The maximum absolute atomic E-state index is 12.5. The van der Waals surface area contributed by atoms with Crippen molar-refractivity contribution in [1.82, 2.24) is 4.90 Å². The fourth-order valence-electron chi connectivity index (χ4n) is 2.95. The van der Waals surface area contributed by atoms with Gasteiger partial charge >= 0.3 is 0 Å². The predicted octanol–water partition coefficient (Wildman–Crippen LogP) is 3.33. The Morgan fingerprint density at radius 2 is 1.71 bits per heavy atom. The fourth-order valence-corrected chi connectivity index (χ4v) is 2.95. The number of non-ortho nitro benzene ring substituents is 1. The number of para-hydroxylation sites is 1. The summed E-state index contributed by atoms with van der Waals surface area (Å²) in [6.07, 6.45) is -0.615. The van der Waals surface area contributed by atoms with E-state index in [2.05, 4.69) is 0 Å². The number of nitro benzene ring substituents is 1. The highest BCUT2D eigenvalue weighted by Crippen LogP contribution is 2.39. The van der Waals surface area contributed by atoms with E-state index in [-0.39, 0.29) is 23.7 Å². The molecule has 1 heterocycles. The monoisotopic (exact) mass is 326 g/mol. The van der Waals surface area contributed by atoms with Crippen LogP contribution in [-0.4, -0.2) is 27.9 Å². The molecule has 3 rings (SSSR count). The van der Waals surface area contributed by atoms with Gasteiger partial charge < -0.3 is 9.64 Å². The van der Waals surface area contributed by atoms with Crippen molar-refractivity contribution >= 4 is 11.6 Å². The molecule has 2 aromatic carbocycles. The molecule has 1 aliphatic rings. The number of hydrogen-bond acceptors (Lipinski definition) is 4. The van der Waals surface area contributed by atoms with Gasteiger partial charge in [-0.15, -0.1) is 0 Å². The SMILES string of the molecule is CC(C)N1C(=O)[C@H](Oc2ccccc2)[C@H]1c1ccc([N+](=O)[O-])cc1. The maximum Gasteiger partial charge on any atom is 0.269 e. The van der Waals surface area contributed by atoms with E-state index in [0.29, 0.717) is 5.75 Å². The minimum absolute atomic E-state index is 0.0216. The molecule has 0 aromatic heterocycles. The number of rotatable bonds is 5. The first-order valence-electron chi connectivity index (χ1n) is 7.77. The molecule has 0 bridgehead atoms. The average Bonchev–Trinajstić information content (AvgIpc) is 2.58. The van der Waals surface area contributed by atoms with Crippen molar-refractivity contribution in [1.29, 1.82) is 0 Å². The molecule has 1 amide bonds. The molecule has 0 unspecified atom stereocenters. The van der Waals surface area contributed by atoms with Crippen LogP contribution in [0.5, 0.6) is 5.75 Å². The van der Waals surface area contributed by atoms with Gasteiger partial charge in [0.15, 0.2) is 0 Å². The zero-order valence-electron chi connectivity index (χ0n) is 13.5. The third-order valence-electron chi connectivity index (χ3n) is 4.09. The van der Waals surface area contributed by atoms with E-state index in [4.69, 9.17) is 4.74 Å². The minimum atomic E-state index is -0.615. The lowest BCUT2D eigenvalue weighted by molar-refractivity contribution is -0.384. The highest BCUT2D eigenvalue weighted by molar-refractivity contribution is 5.89. The van der Waals surface area contributed by atoms with Crippen LogP contribution in [0.3, 0.4) is 0 Å². The molecule has 0 aliphatic carbocycles. The molecule has 6 heteroatoms. The van der Waals surface area contributed by atoms with Gasteiger partial charge in [0.1, 0.15) is 11.8 Å². The second-order valence-electron chi connectivity index (χ2n) is 5.98. The van der Waals surface area contributed by atoms with Gasteiger partial charge in [0.25, 0.3) is 11.6 Å². The van der Waals surface area contributed by atoms with Crippen LogP contribution in [0.25, 0.3) is 0 Å². The molecule has 1 saturated heterocycles. The van der Waals surface area contributed by atoms with E-state index in [1.165, 1.54) is 12.1 Å². The van der Waals surface area contributed by atoms with Crippen LogP contribution in [0, 0.1) is 10.1 Å². The quantitative estimate of drug-likeness (QED) is 0.480. The Bertz CT molecular complexity index is 743. The highest BCUT2D eigenvalue weighted by Gasteiger charge is 2.51. The molecule has 2 atom stereocenters. The summed E-state index contributed by atoms with van der Waals surface area (Å²) in [5.74, 6) is 0.559. The lowest BCUT2D eigenvalue weighted by Crippen LogP contribution is -2.63. The Morgan fingerprint density at radius 3 is 2.25 bits per heavy atom. The molecule has 6 nitrogen and oxygen atoms in total. The van der Waals surface area contributed by atoms with Crippen molar-refractivity contribution in [2.75, 3.05) is 0 Å². The Morgan fingerprint density at radius 1 is 1.08 bits per heavy atom. The van der Waals surface area contributed by atoms with Crippen LogP contribution in [0.2, 0.25) is 0 Å². The highest BCUT2D eigenvalue weighted by atomic mass is 16.6. The number of ether oxygens (including phenoxy) is 1. The van der Waals surface area contributed by atoms with E-state index >= 15 is 0 Å². The molecule has 1 aliphatic heterocycles. The standard InChI is InChI=1S/C18H18N2O4/c1-12(2)19-16(13-8-10-14(11-9-13)20(22)23)17(18(19)21)24-15-6-4-3-5-7-15/h3-12,16-17H,1-2H3/t16-,17-/m1/s1. The van der Waals surface area contributed by atoms with Gasteiger partial charge in [0, 0.05) is 18.2 Å². The molecule has 0 spiro atoms. The number of likely N-dealkylation sites (tertiary alicyclic amines) is 1. The molecule has 24 heavy (non-hydrogen) atoms. The lowest BCUT2D eigenvalue weighted by Gasteiger charge is -2.49. The fraction of sp³-hybridized carbons (Fsp3) is 0.278. The molecule has 124 valence electrons. The van der Waals surface area contributed by atoms with Gasteiger partial charge in [-0.2, -0.15) is 0 Å². The van der Waals surface area contributed by atoms with E-state index < -0.39 is 11.0 Å². The van der Waals surface area contributed by atoms with Crippen molar-refractivity contribution in [2.24, 2.45) is 0 Å². The summed E-state index contributed by atoms with van der Waals surface area (Å²) in [6.45, 7) is 3.88. The van der Waals surface area contributed by atoms with Crippen LogP contribution >= 0.6 is 0 Å². The number of benzene rings is 2. The molecule has 1 fully saturated rings. The number of nitro groups is 1. The first-order chi connectivity index (χ1) is 11.5. The number of nitrogens with zero attached hydrogens (tertiary/aromatic N) is 2. The van der Waals surface area contributed by atoms with Crippen LogP contribution in [0.15, 0.2) is 54.6 Å². The maximum atomic E-state index is 12.5. The van der Waals surface area contributed by atoms with Gasteiger partial charge in [-0.3, -0.25) is 14.9 Å². The van der Waals surface area contributed by atoms with Crippen LogP contribution in [-0.2, 0) is 4.79 Å². The second-order valence-corrected chi connectivity index (χ2v) is 5.98. The van der Waals surface area contributed by atoms with Gasteiger partial charge in [-0.25, -0.2) is 0 Å². The number of amides is 1. The first kappa shape index (κ1) is 16.0. The van der Waals surface area contributed by atoms with E-state index in [9.17, 15) is 14.9 Å². The van der Waals surface area contributed by atoms with E-state index in [1.807, 2.05) is 32.0 Å². The summed E-state index contributed by atoms with van der Waals surface area (Å²) in [4.78, 5) is 24.6. The van der Waals surface area contributed by atoms with Gasteiger partial charge in [0.2, 0.25) is 6.10 Å². The first-order valence-corrected chi connectivity index (χ1v) is 7.77. The summed E-state index contributed by atoms with van der Waals surface area (Å²) in [5, 5.41) is 10.8. The number of carbonyl (C=O) groups excluding carboxylic acids is 1. The number of hydrogen-bond donors (Lipinski definition) is 0. The topological polar surface area (TPSA) is 72.7 Å². The summed E-state index contributed by atoms with van der Waals surface area (Å²) >= 11 is 0. The van der Waals surface area contributed by atoms with Gasteiger partial charge in [-0.1, -0.05) is 18.2 Å². The van der Waals surface area contributed by atoms with Crippen molar-refractivity contribution < 1.29 is 14.5 Å². The summed E-state index contributed by atoms with van der Waals surface area (Å²) in [7, 11) is 0. The van der Waals surface area contributed by atoms with Crippen LogP contribution < -0.4 is 4.74 Å². The lowest BCUT2D eigenvalue weighted by atomic mass is 9.89. The van der Waals surface area contributed by atoms with Crippen molar-refractivity contribution in [2.45, 2.75) is 32.0 Å². The third kappa shape index (κ3) is 2.82. The zero-order chi connectivity index (χ0) is 17.3. The van der Waals surface area contributed by atoms with Gasteiger partial charge in [-0.05, 0) is 43.7 Å². The molecular formula is C18H18N2O4. The molecule has 0 radical (unpaired) electrons.